The van der Waals surface area contributed by atoms with Crippen LogP contribution in [0.2, 0.25) is 0 Å². The van der Waals surface area contributed by atoms with Crippen LogP contribution < -0.4 is 0 Å². The summed E-state index contributed by atoms with van der Waals surface area (Å²) in [5.41, 5.74) is 0. The summed E-state index contributed by atoms with van der Waals surface area (Å²) < 4.78 is 4.21. The van der Waals surface area contributed by atoms with Gasteiger partial charge in [-0.05, 0) is 6.72 Å². The van der Waals surface area contributed by atoms with E-state index in [4.69, 9.17) is 0 Å². The first-order valence-corrected chi connectivity index (χ1v) is 2.45. The Morgan fingerprint density at radius 2 is 2.10 bits per heavy atom. The molecule has 0 aliphatic heterocycles. The van der Waals surface area contributed by atoms with Crippen molar-refractivity contribution < 1.29 is 14.3 Å². The molecule has 10 heavy (non-hydrogen) atoms. The van der Waals surface area contributed by atoms with Crippen LogP contribution >= 0.6 is 0 Å². The number of methoxy groups -OCH3 is 1. The molecule has 0 saturated carbocycles. The van der Waals surface area contributed by atoms with E-state index in [9.17, 15) is 9.59 Å². The molecule has 0 aliphatic rings. The average molecular weight is 144 g/mol. The summed E-state index contributed by atoms with van der Waals surface area (Å²) in [4.78, 5) is 24.7. The molecule has 0 atom stereocenters. The van der Waals surface area contributed by atoms with Gasteiger partial charge < -0.3 is 4.74 Å². The Kier molecular flexibility index (Phi) is 3.10. The maximum atomic E-state index is 10.5. The number of aliphatic imine (C=N–C) groups is 1. The van der Waals surface area contributed by atoms with Crippen molar-refractivity contribution in [2.75, 3.05) is 14.2 Å². The van der Waals surface area contributed by atoms with E-state index in [2.05, 4.69) is 16.4 Å². The summed E-state index contributed by atoms with van der Waals surface area (Å²) in [7, 11) is 2.43. The Morgan fingerprint density at radius 3 is 2.40 bits per heavy atom. The SMILES string of the molecule is C=NC(=O)N(C)C(=O)OC. The van der Waals surface area contributed by atoms with Gasteiger partial charge in [-0.1, -0.05) is 0 Å². The van der Waals surface area contributed by atoms with Gasteiger partial charge in [-0.3, -0.25) is 0 Å². The van der Waals surface area contributed by atoms with Gasteiger partial charge >= 0.3 is 12.1 Å². The molecule has 0 spiro atoms. The summed E-state index contributed by atoms with van der Waals surface area (Å²) in [6.45, 7) is 2.95. The first kappa shape index (κ1) is 8.61. The van der Waals surface area contributed by atoms with Crippen molar-refractivity contribution in [3.8, 4) is 0 Å². The number of carbonyl (C=O) groups excluding carboxylic acids is 2. The monoisotopic (exact) mass is 144 g/mol. The number of hydrogen-bond donors (Lipinski definition) is 0. The minimum absolute atomic E-state index is 0.715. The van der Waals surface area contributed by atoms with Crippen molar-refractivity contribution >= 4 is 18.8 Å². The minimum atomic E-state index is -0.752. The van der Waals surface area contributed by atoms with Crippen LogP contribution in [0.25, 0.3) is 0 Å². The molecule has 56 valence electrons. The lowest BCUT2D eigenvalue weighted by atomic mass is 10.8. The number of urea groups is 1. The van der Waals surface area contributed by atoms with Crippen molar-refractivity contribution in [3.05, 3.63) is 0 Å². The molecule has 0 rings (SSSR count). The lowest BCUT2D eigenvalue weighted by Crippen LogP contribution is -2.30. The van der Waals surface area contributed by atoms with Gasteiger partial charge in [-0.2, -0.15) is 0 Å². The van der Waals surface area contributed by atoms with E-state index in [1.807, 2.05) is 0 Å². The van der Waals surface area contributed by atoms with E-state index < -0.39 is 12.1 Å². The van der Waals surface area contributed by atoms with Crippen LogP contribution in [0.3, 0.4) is 0 Å². The highest BCUT2D eigenvalue weighted by atomic mass is 16.5. The molecule has 0 radical (unpaired) electrons. The van der Waals surface area contributed by atoms with Gasteiger partial charge in [0.15, 0.2) is 0 Å². The van der Waals surface area contributed by atoms with Gasteiger partial charge in [-0.25, -0.2) is 19.5 Å². The number of amides is 3. The fraction of sp³-hybridized carbons (Fsp3) is 0.400. The number of carbonyl (C=O) groups is 2. The second-order valence-electron chi connectivity index (χ2n) is 1.47. The van der Waals surface area contributed by atoms with Crippen molar-refractivity contribution in [2.45, 2.75) is 0 Å². The van der Waals surface area contributed by atoms with Crippen LogP contribution in [0.5, 0.6) is 0 Å². The number of hydrogen-bond acceptors (Lipinski definition) is 3. The molecule has 3 amide bonds. The van der Waals surface area contributed by atoms with Gasteiger partial charge in [0.25, 0.3) is 0 Å². The summed E-state index contributed by atoms with van der Waals surface area (Å²) in [6.07, 6.45) is -0.752. The highest BCUT2D eigenvalue weighted by molar-refractivity contribution is 5.92. The second-order valence-corrected chi connectivity index (χ2v) is 1.47. The van der Waals surface area contributed by atoms with Crippen LogP contribution in [0.15, 0.2) is 4.99 Å². The zero-order valence-corrected chi connectivity index (χ0v) is 5.83. The van der Waals surface area contributed by atoms with E-state index in [0.29, 0.717) is 4.90 Å². The lowest BCUT2D eigenvalue weighted by molar-refractivity contribution is 0.139. The fourth-order valence-electron chi connectivity index (χ4n) is 0.321. The zero-order valence-electron chi connectivity index (χ0n) is 5.83. The van der Waals surface area contributed by atoms with Gasteiger partial charge in [-0.15, -0.1) is 0 Å². The summed E-state index contributed by atoms with van der Waals surface area (Å²) in [6, 6.07) is -0.730. The van der Waals surface area contributed by atoms with Crippen molar-refractivity contribution in [2.24, 2.45) is 4.99 Å². The maximum Gasteiger partial charge on any atom is 0.417 e. The van der Waals surface area contributed by atoms with Crippen LogP contribution in [-0.4, -0.2) is 37.9 Å². The van der Waals surface area contributed by atoms with E-state index in [1.54, 1.807) is 0 Å². The molecule has 0 aromatic heterocycles. The third-order valence-electron chi connectivity index (χ3n) is 0.871. The topological polar surface area (TPSA) is 59.0 Å². The Labute approximate surface area is 58.3 Å². The number of imide groups is 1. The van der Waals surface area contributed by atoms with Gasteiger partial charge in [0.2, 0.25) is 0 Å². The standard InChI is InChI=1S/C5H8N2O3/c1-6-4(8)7(2)5(9)10-3/h1H2,2-3H3. The minimum Gasteiger partial charge on any atom is -0.452 e. The molecule has 0 aromatic rings. The molecular formula is C5H8N2O3. The summed E-state index contributed by atoms with van der Waals surface area (Å²) >= 11 is 0. The molecule has 5 nitrogen and oxygen atoms in total. The molecule has 5 heteroatoms. The predicted octanol–water partition coefficient (Wildman–Crippen LogP) is 0.505. The highest BCUT2D eigenvalue weighted by Crippen LogP contribution is 1.90. The van der Waals surface area contributed by atoms with Crippen LogP contribution in [0.1, 0.15) is 0 Å². The van der Waals surface area contributed by atoms with Crippen LogP contribution in [0.4, 0.5) is 9.59 Å². The Hall–Kier alpha value is -1.39. The van der Waals surface area contributed by atoms with Crippen molar-refractivity contribution in [3.63, 3.8) is 0 Å². The zero-order chi connectivity index (χ0) is 8.15. The molecule has 0 unspecified atom stereocenters. The first-order chi connectivity index (χ1) is 4.63. The van der Waals surface area contributed by atoms with Gasteiger partial charge in [0.05, 0.1) is 7.11 Å². The second kappa shape index (κ2) is 3.60. The smallest absolute Gasteiger partial charge is 0.417 e. The molecule has 0 bridgehead atoms. The van der Waals surface area contributed by atoms with Crippen LogP contribution in [0, 0.1) is 0 Å². The molecule has 0 heterocycles. The molecule has 0 aromatic carbocycles. The van der Waals surface area contributed by atoms with E-state index in [0.717, 1.165) is 0 Å². The van der Waals surface area contributed by atoms with Crippen molar-refractivity contribution in [1.29, 1.82) is 0 Å². The Balaban J connectivity index is 4.06. The van der Waals surface area contributed by atoms with E-state index >= 15 is 0 Å². The quantitative estimate of drug-likeness (QED) is 0.465. The Bertz CT molecular complexity index is 166. The average Bonchev–Trinajstić information content (AvgIpc) is 2.00. The number of nitrogens with zero attached hydrogens (tertiary/aromatic N) is 2. The molecular weight excluding hydrogens is 136 g/mol. The molecule has 0 fully saturated rings. The third-order valence-corrected chi connectivity index (χ3v) is 0.871. The molecule has 0 aliphatic carbocycles. The fourth-order valence-corrected chi connectivity index (χ4v) is 0.321. The van der Waals surface area contributed by atoms with Gasteiger partial charge in [0.1, 0.15) is 0 Å². The van der Waals surface area contributed by atoms with E-state index in [1.165, 1.54) is 14.2 Å². The lowest BCUT2D eigenvalue weighted by Gasteiger charge is -2.08. The van der Waals surface area contributed by atoms with Crippen LogP contribution in [-0.2, 0) is 4.74 Å². The largest absolute Gasteiger partial charge is 0.452 e. The van der Waals surface area contributed by atoms with E-state index in [-0.39, 0.29) is 0 Å². The van der Waals surface area contributed by atoms with Crippen molar-refractivity contribution in [1.82, 2.24) is 4.90 Å². The predicted molar refractivity (Wildman–Crippen MR) is 35.1 cm³/mol. The third kappa shape index (κ3) is 1.85. The molecule has 0 N–H and O–H groups in total. The summed E-state index contributed by atoms with van der Waals surface area (Å²) in [5, 5.41) is 0. The summed E-state index contributed by atoms with van der Waals surface area (Å²) in [5.74, 6) is 0. The Morgan fingerprint density at radius 1 is 1.60 bits per heavy atom. The van der Waals surface area contributed by atoms with Gasteiger partial charge in [0, 0.05) is 7.05 Å². The maximum absolute atomic E-state index is 10.5. The first-order valence-electron chi connectivity index (χ1n) is 2.45. The molecule has 0 saturated heterocycles. The highest BCUT2D eigenvalue weighted by Gasteiger charge is 2.14. The number of rotatable bonds is 0. The number of ether oxygens (including phenoxy) is 1. The normalized spacial score (nSPS) is 8.20.